The molecule has 7 heteroatoms. The van der Waals surface area contributed by atoms with Gasteiger partial charge in [0.25, 0.3) is 10.0 Å². The Morgan fingerprint density at radius 3 is 2.24 bits per heavy atom. The molecule has 0 aliphatic rings. The minimum Gasteiger partial charge on any atom is -0.497 e. The summed E-state index contributed by atoms with van der Waals surface area (Å²) in [5.74, 6) is 0.189. The fraction of sp³-hybridized carbons (Fsp3) is 0.115. The number of nitrogens with one attached hydrogen (secondary N) is 1. The summed E-state index contributed by atoms with van der Waals surface area (Å²) in [6.45, 7) is -0.0592. The molecule has 4 aromatic rings. The number of benzene rings is 4. The van der Waals surface area contributed by atoms with Gasteiger partial charge >= 0.3 is 0 Å². The van der Waals surface area contributed by atoms with Crippen LogP contribution in [0.2, 0.25) is 0 Å². The van der Waals surface area contributed by atoms with Crippen LogP contribution in [0.4, 0.5) is 5.69 Å². The summed E-state index contributed by atoms with van der Waals surface area (Å²) in [6.07, 6.45) is 0. The minimum atomic E-state index is -3.95. The van der Waals surface area contributed by atoms with E-state index in [0.717, 1.165) is 20.6 Å². The molecule has 0 spiro atoms. The normalized spacial score (nSPS) is 11.2. The zero-order valence-electron chi connectivity index (χ0n) is 18.1. The van der Waals surface area contributed by atoms with E-state index in [1.54, 1.807) is 42.5 Å². The fourth-order valence-electron chi connectivity index (χ4n) is 3.61. The van der Waals surface area contributed by atoms with E-state index in [0.29, 0.717) is 18.0 Å². The number of carbonyl (C=O) groups is 1. The average molecular weight is 461 g/mol. The number of amides is 1. The molecule has 6 nitrogen and oxygen atoms in total. The molecule has 0 radical (unpaired) electrons. The minimum absolute atomic E-state index is 0.114. The fourth-order valence-corrected chi connectivity index (χ4v) is 5.05. The van der Waals surface area contributed by atoms with Crippen LogP contribution in [0.5, 0.6) is 5.75 Å². The third-order valence-electron chi connectivity index (χ3n) is 5.33. The molecule has 0 aliphatic carbocycles. The predicted molar refractivity (Wildman–Crippen MR) is 130 cm³/mol. The van der Waals surface area contributed by atoms with E-state index in [4.69, 9.17) is 4.74 Å². The van der Waals surface area contributed by atoms with Crippen LogP contribution in [0, 0.1) is 0 Å². The number of rotatable bonds is 8. The van der Waals surface area contributed by atoms with Gasteiger partial charge < -0.3 is 10.1 Å². The number of sulfonamides is 1. The first-order chi connectivity index (χ1) is 16.0. The number of hydrogen-bond acceptors (Lipinski definition) is 4. The number of ether oxygens (including phenoxy) is 1. The topological polar surface area (TPSA) is 75.7 Å². The van der Waals surface area contributed by atoms with Gasteiger partial charge in [-0.15, -0.1) is 0 Å². The van der Waals surface area contributed by atoms with E-state index < -0.39 is 15.9 Å². The lowest BCUT2D eigenvalue weighted by Gasteiger charge is -2.24. The summed E-state index contributed by atoms with van der Waals surface area (Å²) in [7, 11) is -2.42. The number of carbonyl (C=O) groups excluding carboxylic acids is 1. The monoisotopic (exact) mass is 460 g/mol. The van der Waals surface area contributed by atoms with E-state index in [2.05, 4.69) is 5.32 Å². The summed E-state index contributed by atoms with van der Waals surface area (Å²) in [4.78, 5) is 13.0. The van der Waals surface area contributed by atoms with E-state index in [1.165, 1.54) is 19.2 Å². The largest absolute Gasteiger partial charge is 0.497 e. The van der Waals surface area contributed by atoms with Crippen LogP contribution in [-0.4, -0.2) is 28.0 Å². The highest BCUT2D eigenvalue weighted by molar-refractivity contribution is 7.92. The first kappa shape index (κ1) is 22.4. The summed E-state index contributed by atoms with van der Waals surface area (Å²) in [6, 6.07) is 28.5. The molecule has 33 heavy (non-hydrogen) atoms. The molecule has 0 bridgehead atoms. The van der Waals surface area contributed by atoms with Crippen molar-refractivity contribution in [2.45, 2.75) is 11.4 Å². The number of anilines is 1. The Labute approximate surface area is 193 Å². The summed E-state index contributed by atoms with van der Waals surface area (Å²) < 4.78 is 33.1. The van der Waals surface area contributed by atoms with Crippen molar-refractivity contribution < 1.29 is 17.9 Å². The van der Waals surface area contributed by atoms with Crippen molar-refractivity contribution in [2.75, 3.05) is 18.0 Å². The second-order valence-electron chi connectivity index (χ2n) is 7.44. The number of methoxy groups -OCH3 is 1. The highest BCUT2D eigenvalue weighted by atomic mass is 32.2. The van der Waals surface area contributed by atoms with Gasteiger partial charge in [0, 0.05) is 6.54 Å². The van der Waals surface area contributed by atoms with Gasteiger partial charge in [-0.3, -0.25) is 9.10 Å². The Kier molecular flexibility index (Phi) is 6.60. The van der Waals surface area contributed by atoms with Gasteiger partial charge in [0.05, 0.1) is 17.7 Å². The van der Waals surface area contributed by atoms with Crippen LogP contribution >= 0.6 is 0 Å². The van der Waals surface area contributed by atoms with Crippen LogP contribution in [0.1, 0.15) is 5.56 Å². The lowest BCUT2D eigenvalue weighted by atomic mass is 10.0. The van der Waals surface area contributed by atoms with Gasteiger partial charge in [0.1, 0.15) is 12.3 Å². The quantitative estimate of drug-likeness (QED) is 0.424. The molecule has 0 saturated heterocycles. The highest BCUT2D eigenvalue weighted by Crippen LogP contribution is 2.26. The van der Waals surface area contributed by atoms with Gasteiger partial charge in [0.15, 0.2) is 0 Å². The van der Waals surface area contributed by atoms with Crippen molar-refractivity contribution in [2.24, 2.45) is 0 Å². The molecule has 0 aliphatic heterocycles. The van der Waals surface area contributed by atoms with E-state index in [1.807, 2.05) is 42.5 Å². The van der Waals surface area contributed by atoms with Crippen molar-refractivity contribution in [1.29, 1.82) is 0 Å². The molecular weight excluding hydrogens is 436 g/mol. The Morgan fingerprint density at radius 2 is 1.52 bits per heavy atom. The number of nitrogens with zero attached hydrogens (tertiary/aromatic N) is 1. The van der Waals surface area contributed by atoms with Crippen LogP contribution < -0.4 is 14.4 Å². The van der Waals surface area contributed by atoms with Gasteiger partial charge in [0.2, 0.25) is 5.91 Å². The zero-order chi connectivity index (χ0) is 23.3. The van der Waals surface area contributed by atoms with E-state index in [-0.39, 0.29) is 11.4 Å². The van der Waals surface area contributed by atoms with Crippen molar-refractivity contribution in [3.05, 3.63) is 103 Å². The summed E-state index contributed by atoms with van der Waals surface area (Å²) >= 11 is 0. The van der Waals surface area contributed by atoms with Crippen molar-refractivity contribution >= 4 is 32.4 Å². The second kappa shape index (κ2) is 9.75. The molecule has 0 saturated carbocycles. The predicted octanol–water partition coefficient (Wildman–Crippen LogP) is 4.36. The molecule has 0 unspecified atom stereocenters. The summed E-state index contributed by atoms with van der Waals surface area (Å²) in [5.41, 5.74) is 1.34. The zero-order valence-corrected chi connectivity index (χ0v) is 19.0. The SMILES string of the molecule is COc1ccc(N(CC(=O)NCc2cccc3ccccc23)S(=O)(=O)c2ccccc2)cc1. The van der Waals surface area contributed by atoms with Crippen LogP contribution in [0.25, 0.3) is 10.8 Å². The standard InChI is InChI=1S/C26H24N2O4S/c1-32-23-16-14-22(15-17-23)28(33(30,31)24-11-3-2-4-12-24)19-26(29)27-18-21-10-7-9-20-8-5-6-13-25(20)21/h2-17H,18-19H2,1H3,(H,27,29). The molecule has 1 N–H and O–H groups in total. The maximum Gasteiger partial charge on any atom is 0.264 e. The Balaban J connectivity index is 1.58. The third kappa shape index (κ3) is 4.99. The third-order valence-corrected chi connectivity index (χ3v) is 7.12. The molecular formula is C26H24N2O4S. The summed E-state index contributed by atoms with van der Waals surface area (Å²) in [5, 5.41) is 4.99. The first-order valence-corrected chi connectivity index (χ1v) is 11.9. The molecule has 168 valence electrons. The lowest BCUT2D eigenvalue weighted by Crippen LogP contribution is -2.40. The van der Waals surface area contributed by atoms with E-state index >= 15 is 0 Å². The maximum absolute atomic E-state index is 13.4. The Bertz CT molecular complexity index is 1350. The second-order valence-corrected chi connectivity index (χ2v) is 9.30. The van der Waals surface area contributed by atoms with Gasteiger partial charge in [-0.25, -0.2) is 8.42 Å². The van der Waals surface area contributed by atoms with E-state index in [9.17, 15) is 13.2 Å². The van der Waals surface area contributed by atoms with Gasteiger partial charge in [-0.05, 0) is 52.7 Å². The average Bonchev–Trinajstić information content (AvgIpc) is 2.86. The molecule has 0 fully saturated rings. The van der Waals surface area contributed by atoms with Gasteiger partial charge in [-0.2, -0.15) is 0 Å². The highest BCUT2D eigenvalue weighted by Gasteiger charge is 2.27. The van der Waals surface area contributed by atoms with Gasteiger partial charge in [-0.1, -0.05) is 60.7 Å². The Hall–Kier alpha value is -3.84. The smallest absolute Gasteiger partial charge is 0.264 e. The van der Waals surface area contributed by atoms with Crippen LogP contribution in [0.15, 0.2) is 102 Å². The van der Waals surface area contributed by atoms with Crippen molar-refractivity contribution in [1.82, 2.24) is 5.32 Å². The lowest BCUT2D eigenvalue weighted by molar-refractivity contribution is -0.119. The first-order valence-electron chi connectivity index (χ1n) is 10.4. The van der Waals surface area contributed by atoms with Crippen LogP contribution in [0.3, 0.4) is 0 Å². The molecule has 0 heterocycles. The molecule has 4 aromatic carbocycles. The molecule has 0 atom stereocenters. The van der Waals surface area contributed by atoms with Crippen molar-refractivity contribution in [3.63, 3.8) is 0 Å². The van der Waals surface area contributed by atoms with Crippen LogP contribution in [-0.2, 0) is 21.4 Å². The molecule has 0 aromatic heterocycles. The number of fused-ring (bicyclic) bond motifs is 1. The van der Waals surface area contributed by atoms with Crippen molar-refractivity contribution in [3.8, 4) is 5.75 Å². The molecule has 1 amide bonds. The molecule has 4 rings (SSSR count). The number of hydrogen-bond donors (Lipinski definition) is 1. The maximum atomic E-state index is 13.4. The Morgan fingerprint density at radius 1 is 0.848 bits per heavy atom.